The summed E-state index contributed by atoms with van der Waals surface area (Å²) in [5.74, 6) is -1.62. The van der Waals surface area contributed by atoms with Crippen molar-refractivity contribution in [3.05, 3.63) is 48.4 Å². The highest BCUT2D eigenvalue weighted by Crippen LogP contribution is 2.33. The average Bonchev–Trinajstić information content (AvgIpc) is 3.13. The second-order valence-electron chi connectivity index (χ2n) is 5.42. The molecule has 1 aromatic carbocycles. The van der Waals surface area contributed by atoms with Crippen LogP contribution in [0.15, 0.2) is 36.8 Å². The van der Waals surface area contributed by atoms with Crippen molar-refractivity contribution < 1.29 is 13.9 Å². The first-order chi connectivity index (χ1) is 12.0. The van der Waals surface area contributed by atoms with Crippen molar-refractivity contribution in [1.82, 2.24) is 24.7 Å². The number of aromatic nitrogens is 5. The molecule has 0 amide bonds. The molecule has 4 aromatic rings. The van der Waals surface area contributed by atoms with E-state index >= 15 is 0 Å². The third-order valence-corrected chi connectivity index (χ3v) is 3.67. The van der Waals surface area contributed by atoms with E-state index in [4.69, 9.17) is 0 Å². The molecule has 0 saturated carbocycles. The predicted molar refractivity (Wildman–Crippen MR) is 87.4 cm³/mol. The molecule has 4 rings (SSSR count). The minimum atomic E-state index is -0.772. The number of fused-ring (bicyclic) bond motifs is 1. The lowest BCUT2D eigenvalue weighted by Crippen LogP contribution is -2.00. The van der Waals surface area contributed by atoms with Gasteiger partial charge in [0.1, 0.15) is 22.8 Å². The Morgan fingerprint density at radius 1 is 1.20 bits per heavy atom. The standard InChI is InChI=1S/C16H12F2N6O/c1-24-7-8(5-20-24)21-15-13-11(6-19-16(13)25)22-14(23-15)12-9(17)3-2-4-10(12)18/h2-7,19,25H,1H3,(H,21,22,23). The molecule has 3 N–H and O–H groups in total. The molecule has 0 spiro atoms. The van der Waals surface area contributed by atoms with Gasteiger partial charge in [0.25, 0.3) is 0 Å². The van der Waals surface area contributed by atoms with E-state index < -0.39 is 11.6 Å². The van der Waals surface area contributed by atoms with Crippen molar-refractivity contribution in [2.45, 2.75) is 0 Å². The first-order valence-electron chi connectivity index (χ1n) is 7.31. The Morgan fingerprint density at radius 2 is 1.96 bits per heavy atom. The van der Waals surface area contributed by atoms with Crippen LogP contribution in [0.25, 0.3) is 22.3 Å². The number of aryl methyl sites for hydroxylation is 1. The molecule has 0 aliphatic rings. The van der Waals surface area contributed by atoms with Crippen molar-refractivity contribution >= 4 is 22.4 Å². The van der Waals surface area contributed by atoms with Gasteiger partial charge in [-0.3, -0.25) is 4.68 Å². The molecule has 126 valence electrons. The molecule has 0 aliphatic heterocycles. The Bertz CT molecular complexity index is 1070. The lowest BCUT2D eigenvalue weighted by molar-refractivity contribution is 0.463. The lowest BCUT2D eigenvalue weighted by Gasteiger charge is -2.09. The monoisotopic (exact) mass is 342 g/mol. The van der Waals surface area contributed by atoms with Crippen LogP contribution >= 0.6 is 0 Å². The SMILES string of the molecule is Cn1cc(Nc2nc(-c3c(F)cccc3F)nc3c[nH]c(O)c23)cn1. The number of nitrogens with zero attached hydrogens (tertiary/aromatic N) is 4. The van der Waals surface area contributed by atoms with Crippen molar-refractivity contribution in [3.8, 4) is 17.3 Å². The van der Waals surface area contributed by atoms with E-state index in [-0.39, 0.29) is 23.1 Å². The van der Waals surface area contributed by atoms with E-state index in [2.05, 4.69) is 25.4 Å². The molecule has 25 heavy (non-hydrogen) atoms. The topological polar surface area (TPSA) is 91.7 Å². The highest BCUT2D eigenvalue weighted by molar-refractivity contribution is 5.96. The van der Waals surface area contributed by atoms with Gasteiger partial charge in [-0.15, -0.1) is 0 Å². The Kier molecular flexibility index (Phi) is 3.34. The van der Waals surface area contributed by atoms with E-state index in [9.17, 15) is 13.9 Å². The Labute approximate surface area is 140 Å². The van der Waals surface area contributed by atoms with E-state index in [1.807, 2.05) is 0 Å². The quantitative estimate of drug-likeness (QED) is 0.532. The summed E-state index contributed by atoms with van der Waals surface area (Å²) in [6, 6.07) is 3.53. The van der Waals surface area contributed by atoms with Crippen molar-refractivity contribution in [2.75, 3.05) is 5.32 Å². The second-order valence-corrected chi connectivity index (χ2v) is 5.42. The van der Waals surface area contributed by atoms with Gasteiger partial charge in [0.15, 0.2) is 5.82 Å². The third kappa shape index (κ3) is 2.55. The molecule has 0 atom stereocenters. The number of anilines is 2. The summed E-state index contributed by atoms with van der Waals surface area (Å²) in [7, 11) is 1.74. The molecule has 0 bridgehead atoms. The molecule has 0 unspecified atom stereocenters. The number of hydrogen-bond donors (Lipinski definition) is 3. The zero-order chi connectivity index (χ0) is 17.6. The molecule has 0 aliphatic carbocycles. The summed E-state index contributed by atoms with van der Waals surface area (Å²) in [5, 5.41) is 17.3. The number of benzene rings is 1. The van der Waals surface area contributed by atoms with Crippen LogP contribution < -0.4 is 5.32 Å². The zero-order valence-electron chi connectivity index (χ0n) is 13.0. The summed E-state index contributed by atoms with van der Waals surface area (Å²) < 4.78 is 29.8. The van der Waals surface area contributed by atoms with Gasteiger partial charge in [-0.1, -0.05) is 6.07 Å². The number of aromatic hydroxyl groups is 1. The van der Waals surface area contributed by atoms with Gasteiger partial charge in [-0.2, -0.15) is 5.10 Å². The average molecular weight is 342 g/mol. The van der Waals surface area contributed by atoms with Crippen LogP contribution in [0.2, 0.25) is 0 Å². The van der Waals surface area contributed by atoms with Gasteiger partial charge in [0.05, 0.1) is 23.0 Å². The maximum Gasteiger partial charge on any atom is 0.201 e. The third-order valence-electron chi connectivity index (χ3n) is 3.67. The van der Waals surface area contributed by atoms with Crippen LogP contribution in [0, 0.1) is 11.6 Å². The van der Waals surface area contributed by atoms with E-state index in [0.29, 0.717) is 16.6 Å². The maximum atomic E-state index is 14.1. The van der Waals surface area contributed by atoms with Crippen LogP contribution in [0.1, 0.15) is 0 Å². The fourth-order valence-electron chi connectivity index (χ4n) is 2.56. The minimum absolute atomic E-state index is 0.131. The maximum absolute atomic E-state index is 14.1. The highest BCUT2D eigenvalue weighted by Gasteiger charge is 2.19. The molecular weight excluding hydrogens is 330 g/mol. The van der Waals surface area contributed by atoms with E-state index in [1.54, 1.807) is 24.1 Å². The summed E-state index contributed by atoms with van der Waals surface area (Å²) in [4.78, 5) is 11.0. The fraction of sp³-hybridized carbons (Fsp3) is 0.0625. The van der Waals surface area contributed by atoms with Crippen molar-refractivity contribution in [1.29, 1.82) is 0 Å². The summed E-state index contributed by atoms with van der Waals surface area (Å²) in [6.45, 7) is 0. The largest absolute Gasteiger partial charge is 0.494 e. The second kappa shape index (κ2) is 5.55. The Balaban J connectivity index is 1.93. The fourth-order valence-corrected chi connectivity index (χ4v) is 2.56. The molecule has 7 nitrogen and oxygen atoms in total. The molecule has 0 saturated heterocycles. The predicted octanol–water partition coefficient (Wildman–Crippen LogP) is 3.09. The van der Waals surface area contributed by atoms with Crippen molar-refractivity contribution in [3.63, 3.8) is 0 Å². The van der Waals surface area contributed by atoms with Crippen LogP contribution in [0.5, 0.6) is 5.88 Å². The van der Waals surface area contributed by atoms with Crippen LogP contribution in [-0.2, 0) is 7.05 Å². The van der Waals surface area contributed by atoms with Gasteiger partial charge >= 0.3 is 0 Å². The highest BCUT2D eigenvalue weighted by atomic mass is 19.1. The summed E-state index contributed by atoms with van der Waals surface area (Å²) in [5.41, 5.74) is 0.582. The Morgan fingerprint density at radius 3 is 2.64 bits per heavy atom. The van der Waals surface area contributed by atoms with Crippen LogP contribution in [-0.4, -0.2) is 29.8 Å². The molecule has 9 heteroatoms. The zero-order valence-corrected chi connectivity index (χ0v) is 13.0. The van der Waals surface area contributed by atoms with Crippen molar-refractivity contribution in [2.24, 2.45) is 7.05 Å². The number of hydrogen-bond acceptors (Lipinski definition) is 5. The lowest BCUT2D eigenvalue weighted by atomic mass is 10.1. The first kappa shape index (κ1) is 15.1. The number of rotatable bonds is 3. The number of aromatic amines is 1. The smallest absolute Gasteiger partial charge is 0.201 e. The summed E-state index contributed by atoms with van der Waals surface area (Å²) in [6.07, 6.45) is 4.69. The molecular formula is C16H12F2N6O. The Hall–Kier alpha value is -3.49. The molecule has 0 fully saturated rings. The minimum Gasteiger partial charge on any atom is -0.494 e. The molecule has 0 radical (unpaired) electrons. The van der Waals surface area contributed by atoms with Gasteiger partial charge in [0, 0.05) is 19.4 Å². The van der Waals surface area contributed by atoms with E-state index in [0.717, 1.165) is 12.1 Å². The van der Waals surface area contributed by atoms with Gasteiger partial charge < -0.3 is 15.4 Å². The summed E-state index contributed by atoms with van der Waals surface area (Å²) >= 11 is 0. The van der Waals surface area contributed by atoms with Gasteiger partial charge in [-0.05, 0) is 12.1 Å². The molecule has 3 aromatic heterocycles. The van der Waals surface area contributed by atoms with Crippen LogP contribution in [0.4, 0.5) is 20.3 Å². The van der Waals surface area contributed by atoms with Crippen LogP contribution in [0.3, 0.4) is 0 Å². The van der Waals surface area contributed by atoms with Gasteiger partial charge in [0.2, 0.25) is 5.88 Å². The normalized spacial score (nSPS) is 11.2. The molecule has 3 heterocycles. The first-order valence-corrected chi connectivity index (χ1v) is 7.31. The van der Waals surface area contributed by atoms with E-state index in [1.165, 1.54) is 12.3 Å². The number of H-pyrrole nitrogens is 1. The number of halogens is 2. The van der Waals surface area contributed by atoms with Gasteiger partial charge in [-0.25, -0.2) is 18.7 Å². The number of nitrogens with one attached hydrogen (secondary N) is 2.